The average molecular weight is 335 g/mol. The molecule has 0 spiro atoms. The van der Waals surface area contributed by atoms with Gasteiger partial charge in [-0.05, 0) is 26.3 Å². The Hall–Kier alpha value is -2.57. The van der Waals surface area contributed by atoms with Gasteiger partial charge in [0.2, 0.25) is 0 Å². The molecule has 0 bridgehead atoms. The molecule has 1 aromatic rings. The van der Waals surface area contributed by atoms with E-state index in [4.69, 9.17) is 14.2 Å². The van der Waals surface area contributed by atoms with Gasteiger partial charge in [-0.3, -0.25) is 9.69 Å². The van der Waals surface area contributed by atoms with Crippen LogP contribution < -0.4 is 0 Å². The first-order valence-electron chi connectivity index (χ1n) is 7.62. The highest BCUT2D eigenvalue weighted by molar-refractivity contribution is 5.88. The van der Waals surface area contributed by atoms with Crippen LogP contribution in [0.2, 0.25) is 0 Å². The lowest BCUT2D eigenvalue weighted by molar-refractivity contribution is -0.157. The Kier molecular flexibility index (Phi) is 5.43. The number of cyclic esters (lactones) is 1. The zero-order chi connectivity index (χ0) is 17.7. The summed E-state index contributed by atoms with van der Waals surface area (Å²) in [5, 5.41) is 0. The number of amides is 1. The Balaban J connectivity index is 1.93. The lowest BCUT2D eigenvalue weighted by Crippen LogP contribution is -2.41. The average Bonchev–Trinajstić information content (AvgIpc) is 2.85. The number of carbonyl (C=O) groups excluding carboxylic acids is 3. The van der Waals surface area contributed by atoms with Gasteiger partial charge in [-0.15, -0.1) is 0 Å². The van der Waals surface area contributed by atoms with Gasteiger partial charge in [-0.1, -0.05) is 30.3 Å². The Bertz CT molecular complexity index is 607. The SMILES string of the molecule is CC(C)(C)OC(=O)C[C@H]1C(=O)OCN1C(=O)OCc1ccccc1. The summed E-state index contributed by atoms with van der Waals surface area (Å²) < 4.78 is 15.2. The first-order chi connectivity index (χ1) is 11.3. The van der Waals surface area contributed by atoms with Crippen molar-refractivity contribution >= 4 is 18.0 Å². The summed E-state index contributed by atoms with van der Waals surface area (Å²) in [7, 11) is 0. The summed E-state index contributed by atoms with van der Waals surface area (Å²) in [6.45, 7) is 5.01. The molecule has 24 heavy (non-hydrogen) atoms. The second-order valence-corrected chi connectivity index (χ2v) is 6.41. The summed E-state index contributed by atoms with van der Waals surface area (Å²) in [4.78, 5) is 36.9. The number of hydrogen-bond donors (Lipinski definition) is 0. The number of carbonyl (C=O) groups is 3. The number of ether oxygens (including phenoxy) is 3. The van der Waals surface area contributed by atoms with Crippen LogP contribution in [0.5, 0.6) is 0 Å². The fraction of sp³-hybridized carbons (Fsp3) is 0.471. The maximum Gasteiger partial charge on any atom is 0.413 e. The van der Waals surface area contributed by atoms with Crippen molar-refractivity contribution in [2.75, 3.05) is 6.73 Å². The smallest absolute Gasteiger partial charge is 0.413 e. The van der Waals surface area contributed by atoms with Crippen LogP contribution in [0.4, 0.5) is 4.79 Å². The molecule has 1 fully saturated rings. The van der Waals surface area contributed by atoms with Crippen molar-refractivity contribution in [2.45, 2.75) is 45.4 Å². The van der Waals surface area contributed by atoms with Crippen molar-refractivity contribution in [1.29, 1.82) is 0 Å². The molecule has 1 aromatic carbocycles. The third-order valence-corrected chi connectivity index (χ3v) is 3.21. The standard InChI is InChI=1S/C17H21NO6/c1-17(2,3)24-14(19)9-13-15(20)23-11-18(13)16(21)22-10-12-7-5-4-6-8-12/h4-8,13H,9-11H2,1-3H3/t13-/m0/s1. The van der Waals surface area contributed by atoms with Crippen LogP contribution in [-0.4, -0.2) is 41.3 Å². The van der Waals surface area contributed by atoms with Gasteiger partial charge in [-0.25, -0.2) is 9.59 Å². The van der Waals surface area contributed by atoms with Crippen molar-refractivity contribution in [1.82, 2.24) is 4.90 Å². The van der Waals surface area contributed by atoms with E-state index in [2.05, 4.69) is 0 Å². The van der Waals surface area contributed by atoms with Crippen LogP contribution in [0.25, 0.3) is 0 Å². The molecule has 1 atom stereocenters. The van der Waals surface area contributed by atoms with E-state index in [0.717, 1.165) is 10.5 Å². The molecule has 0 saturated carbocycles. The lowest BCUT2D eigenvalue weighted by atomic mass is 10.1. The Labute approximate surface area is 140 Å². The first-order valence-corrected chi connectivity index (χ1v) is 7.62. The van der Waals surface area contributed by atoms with Crippen molar-refractivity contribution in [2.24, 2.45) is 0 Å². The van der Waals surface area contributed by atoms with Gasteiger partial charge in [0.15, 0.2) is 6.73 Å². The molecule has 0 aromatic heterocycles. The molecular weight excluding hydrogens is 314 g/mol. The second kappa shape index (κ2) is 7.33. The fourth-order valence-corrected chi connectivity index (χ4v) is 2.16. The Morgan fingerprint density at radius 2 is 1.92 bits per heavy atom. The predicted octanol–water partition coefficient (Wildman–Crippen LogP) is 2.24. The third-order valence-electron chi connectivity index (χ3n) is 3.21. The zero-order valence-corrected chi connectivity index (χ0v) is 14.0. The van der Waals surface area contributed by atoms with Crippen LogP contribution >= 0.6 is 0 Å². The van der Waals surface area contributed by atoms with E-state index in [1.807, 2.05) is 30.3 Å². The molecular formula is C17H21NO6. The van der Waals surface area contributed by atoms with E-state index in [-0.39, 0.29) is 19.8 Å². The van der Waals surface area contributed by atoms with E-state index in [0.29, 0.717) is 0 Å². The van der Waals surface area contributed by atoms with Crippen LogP contribution in [0, 0.1) is 0 Å². The Morgan fingerprint density at radius 1 is 1.25 bits per heavy atom. The number of hydrogen-bond acceptors (Lipinski definition) is 6. The van der Waals surface area contributed by atoms with Gasteiger partial charge >= 0.3 is 18.0 Å². The number of benzene rings is 1. The summed E-state index contributed by atoms with van der Waals surface area (Å²) in [5.41, 5.74) is 0.152. The zero-order valence-electron chi connectivity index (χ0n) is 14.0. The van der Waals surface area contributed by atoms with Gasteiger partial charge in [-0.2, -0.15) is 0 Å². The van der Waals surface area contributed by atoms with Gasteiger partial charge in [0.1, 0.15) is 18.2 Å². The van der Waals surface area contributed by atoms with Gasteiger partial charge in [0.05, 0.1) is 6.42 Å². The quantitative estimate of drug-likeness (QED) is 0.620. The molecule has 2 rings (SSSR count). The molecule has 1 saturated heterocycles. The van der Waals surface area contributed by atoms with E-state index < -0.39 is 29.7 Å². The highest BCUT2D eigenvalue weighted by atomic mass is 16.6. The maximum atomic E-state index is 12.2. The molecule has 130 valence electrons. The molecule has 0 aliphatic carbocycles. The Morgan fingerprint density at radius 3 is 2.54 bits per heavy atom. The maximum absolute atomic E-state index is 12.2. The molecule has 1 aliphatic rings. The van der Waals surface area contributed by atoms with Crippen molar-refractivity contribution in [3.05, 3.63) is 35.9 Å². The van der Waals surface area contributed by atoms with Crippen LogP contribution in [0.15, 0.2) is 30.3 Å². The summed E-state index contributed by atoms with van der Waals surface area (Å²) in [6.07, 6.45) is -0.977. The summed E-state index contributed by atoms with van der Waals surface area (Å²) >= 11 is 0. The molecule has 0 unspecified atom stereocenters. The van der Waals surface area contributed by atoms with Gasteiger partial charge in [0, 0.05) is 0 Å². The van der Waals surface area contributed by atoms with E-state index in [1.54, 1.807) is 20.8 Å². The van der Waals surface area contributed by atoms with Crippen LogP contribution in [0.1, 0.15) is 32.8 Å². The monoisotopic (exact) mass is 335 g/mol. The normalized spacial score (nSPS) is 17.4. The molecule has 7 heteroatoms. The fourth-order valence-electron chi connectivity index (χ4n) is 2.16. The van der Waals surface area contributed by atoms with Crippen LogP contribution in [-0.2, 0) is 30.4 Å². The number of rotatable bonds is 4. The van der Waals surface area contributed by atoms with Crippen molar-refractivity contribution in [3.63, 3.8) is 0 Å². The number of nitrogens with zero attached hydrogens (tertiary/aromatic N) is 1. The minimum absolute atomic E-state index is 0.0729. The second-order valence-electron chi connectivity index (χ2n) is 6.41. The molecule has 7 nitrogen and oxygen atoms in total. The van der Waals surface area contributed by atoms with E-state index in [9.17, 15) is 14.4 Å². The summed E-state index contributed by atoms with van der Waals surface area (Å²) in [5.74, 6) is -1.22. The van der Waals surface area contributed by atoms with Crippen molar-refractivity contribution in [3.8, 4) is 0 Å². The number of esters is 2. The third kappa shape index (κ3) is 4.97. The molecule has 1 aliphatic heterocycles. The molecule has 1 amide bonds. The largest absolute Gasteiger partial charge is 0.460 e. The van der Waals surface area contributed by atoms with E-state index in [1.165, 1.54) is 0 Å². The highest BCUT2D eigenvalue weighted by Gasteiger charge is 2.41. The first kappa shape index (κ1) is 17.8. The minimum atomic E-state index is -1.02. The molecule has 0 N–H and O–H groups in total. The summed E-state index contributed by atoms with van der Waals surface area (Å²) in [6, 6.07) is 8.13. The van der Waals surface area contributed by atoms with Gasteiger partial charge < -0.3 is 14.2 Å². The lowest BCUT2D eigenvalue weighted by Gasteiger charge is -2.22. The minimum Gasteiger partial charge on any atom is -0.460 e. The molecule has 1 heterocycles. The van der Waals surface area contributed by atoms with Crippen LogP contribution in [0.3, 0.4) is 0 Å². The predicted molar refractivity (Wildman–Crippen MR) is 83.7 cm³/mol. The molecule has 0 radical (unpaired) electrons. The van der Waals surface area contributed by atoms with Crippen molar-refractivity contribution < 1.29 is 28.6 Å². The highest BCUT2D eigenvalue weighted by Crippen LogP contribution is 2.19. The van der Waals surface area contributed by atoms with Gasteiger partial charge in [0.25, 0.3) is 0 Å². The topological polar surface area (TPSA) is 82.1 Å². The van der Waals surface area contributed by atoms with E-state index >= 15 is 0 Å².